The number of anilines is 1. The summed E-state index contributed by atoms with van der Waals surface area (Å²) < 4.78 is 5.20. The van der Waals surface area contributed by atoms with Gasteiger partial charge in [0.1, 0.15) is 5.75 Å². The molecule has 1 aliphatic carbocycles. The number of hydrogen-bond acceptors (Lipinski definition) is 2. The van der Waals surface area contributed by atoms with Gasteiger partial charge in [0.05, 0.1) is 7.11 Å². The van der Waals surface area contributed by atoms with Gasteiger partial charge in [0.15, 0.2) is 5.96 Å². The summed E-state index contributed by atoms with van der Waals surface area (Å²) >= 11 is 0. The summed E-state index contributed by atoms with van der Waals surface area (Å²) in [6, 6.07) is 16.3. The van der Waals surface area contributed by atoms with E-state index in [1.54, 1.807) is 7.11 Å². The lowest BCUT2D eigenvalue weighted by Gasteiger charge is -2.10. The second-order valence-corrected chi connectivity index (χ2v) is 5.52. The smallest absolute Gasteiger partial charge is 0.193 e. The summed E-state index contributed by atoms with van der Waals surface area (Å²) in [4.78, 5) is 4.50. The first-order chi connectivity index (χ1) is 10.8. The van der Waals surface area contributed by atoms with Gasteiger partial charge in [-0.2, -0.15) is 0 Å². The topological polar surface area (TPSA) is 59.6 Å². The normalized spacial score (nSPS) is 17.1. The van der Waals surface area contributed by atoms with Crippen LogP contribution in [0.3, 0.4) is 0 Å². The van der Waals surface area contributed by atoms with Gasteiger partial charge in [0.25, 0.3) is 0 Å². The lowest BCUT2D eigenvalue weighted by molar-refractivity contribution is 0.415. The van der Waals surface area contributed by atoms with Crippen molar-refractivity contribution in [2.75, 3.05) is 19.0 Å². The molecule has 1 atom stereocenters. The number of aliphatic imine (C=N–C) groups is 1. The highest BCUT2D eigenvalue weighted by Gasteiger charge is 2.21. The predicted molar refractivity (Wildman–Crippen MR) is 90.6 cm³/mol. The molecule has 0 heterocycles. The highest BCUT2D eigenvalue weighted by atomic mass is 16.5. The van der Waals surface area contributed by atoms with Gasteiger partial charge in [-0.3, -0.25) is 4.99 Å². The Balaban J connectivity index is 1.63. The first-order valence-corrected chi connectivity index (χ1v) is 7.55. The zero-order chi connectivity index (χ0) is 15.4. The van der Waals surface area contributed by atoms with Gasteiger partial charge in [-0.15, -0.1) is 0 Å². The second kappa shape index (κ2) is 6.52. The molecular weight excluding hydrogens is 274 g/mol. The monoisotopic (exact) mass is 295 g/mol. The van der Waals surface area contributed by atoms with Crippen LogP contribution in [0.1, 0.15) is 23.5 Å². The molecule has 0 amide bonds. The van der Waals surface area contributed by atoms with Gasteiger partial charge in [-0.05, 0) is 36.1 Å². The summed E-state index contributed by atoms with van der Waals surface area (Å²) in [5, 5.41) is 3.11. The number of nitrogens with one attached hydrogen (secondary N) is 1. The van der Waals surface area contributed by atoms with E-state index in [2.05, 4.69) is 34.6 Å². The van der Waals surface area contributed by atoms with Gasteiger partial charge in [0.2, 0.25) is 0 Å². The van der Waals surface area contributed by atoms with Gasteiger partial charge < -0.3 is 15.8 Å². The van der Waals surface area contributed by atoms with Gasteiger partial charge in [-0.25, -0.2) is 0 Å². The Morgan fingerprint density at radius 2 is 2.14 bits per heavy atom. The van der Waals surface area contributed by atoms with Crippen molar-refractivity contribution in [2.45, 2.75) is 18.8 Å². The Labute approximate surface area is 131 Å². The van der Waals surface area contributed by atoms with E-state index in [4.69, 9.17) is 10.5 Å². The van der Waals surface area contributed by atoms with E-state index >= 15 is 0 Å². The van der Waals surface area contributed by atoms with Gasteiger partial charge in [-0.1, -0.05) is 30.3 Å². The minimum atomic E-state index is 0.442. The van der Waals surface area contributed by atoms with Crippen molar-refractivity contribution in [1.29, 1.82) is 0 Å². The number of ether oxygens (including phenoxy) is 1. The number of hydrogen-bond donors (Lipinski definition) is 2. The molecular formula is C18H21N3O. The maximum absolute atomic E-state index is 5.99. The van der Waals surface area contributed by atoms with Crippen molar-refractivity contribution in [2.24, 2.45) is 10.7 Å². The maximum atomic E-state index is 5.99. The Morgan fingerprint density at radius 1 is 1.27 bits per heavy atom. The molecule has 0 fully saturated rings. The summed E-state index contributed by atoms with van der Waals surface area (Å²) in [5.41, 5.74) is 9.74. The molecule has 3 N–H and O–H groups in total. The standard InChI is InChI=1S/C18H21N3O/c1-22-16-7-4-6-15(11-16)21-18(19)20-12-14-10-9-13-5-2-3-8-17(13)14/h2-8,11,14H,9-10,12H2,1H3,(H3,19,20,21). The van der Waals surface area contributed by atoms with Gasteiger partial charge >= 0.3 is 0 Å². The van der Waals surface area contributed by atoms with Crippen molar-refractivity contribution in [3.63, 3.8) is 0 Å². The lowest BCUT2D eigenvalue weighted by Crippen LogP contribution is -2.23. The largest absolute Gasteiger partial charge is 0.497 e. The maximum Gasteiger partial charge on any atom is 0.193 e. The molecule has 0 saturated heterocycles. The molecule has 22 heavy (non-hydrogen) atoms. The first-order valence-electron chi connectivity index (χ1n) is 7.55. The zero-order valence-electron chi connectivity index (χ0n) is 12.8. The van der Waals surface area contributed by atoms with Crippen LogP contribution in [0, 0.1) is 0 Å². The average molecular weight is 295 g/mol. The van der Waals surface area contributed by atoms with Crippen LogP contribution < -0.4 is 15.8 Å². The van der Waals surface area contributed by atoms with Crippen LogP contribution >= 0.6 is 0 Å². The molecule has 1 aliphatic rings. The molecule has 0 aromatic heterocycles. The fourth-order valence-corrected chi connectivity index (χ4v) is 2.93. The number of aryl methyl sites for hydroxylation is 1. The molecule has 0 spiro atoms. The average Bonchev–Trinajstić information content (AvgIpc) is 2.96. The van der Waals surface area contributed by atoms with Crippen molar-refractivity contribution < 1.29 is 4.74 Å². The molecule has 1 unspecified atom stereocenters. The Hall–Kier alpha value is -2.49. The summed E-state index contributed by atoms with van der Waals surface area (Å²) in [6.45, 7) is 0.722. The fraction of sp³-hybridized carbons (Fsp3) is 0.278. The molecule has 2 aromatic carbocycles. The molecule has 0 bridgehead atoms. The SMILES string of the molecule is COc1cccc(NC(N)=NCC2CCc3ccccc32)c1. The first kappa shape index (κ1) is 14.4. The van der Waals surface area contributed by atoms with Crippen LogP contribution in [0.4, 0.5) is 5.69 Å². The number of methoxy groups -OCH3 is 1. The predicted octanol–water partition coefficient (Wildman–Crippen LogP) is 3.15. The number of nitrogens with zero attached hydrogens (tertiary/aromatic N) is 1. The van der Waals surface area contributed by atoms with E-state index in [0.29, 0.717) is 11.9 Å². The summed E-state index contributed by atoms with van der Waals surface area (Å²) in [5.74, 6) is 1.71. The molecule has 4 nitrogen and oxygen atoms in total. The highest BCUT2D eigenvalue weighted by molar-refractivity contribution is 5.92. The minimum absolute atomic E-state index is 0.442. The van der Waals surface area contributed by atoms with Crippen molar-refractivity contribution in [3.8, 4) is 5.75 Å². The third kappa shape index (κ3) is 3.22. The van der Waals surface area contributed by atoms with Crippen LogP contribution in [-0.4, -0.2) is 19.6 Å². The minimum Gasteiger partial charge on any atom is -0.497 e. The summed E-state index contributed by atoms with van der Waals surface area (Å²) in [6.07, 6.45) is 2.29. The third-order valence-corrected chi connectivity index (χ3v) is 4.08. The molecule has 114 valence electrons. The Morgan fingerprint density at radius 3 is 3.00 bits per heavy atom. The van der Waals surface area contributed by atoms with E-state index in [9.17, 15) is 0 Å². The van der Waals surface area contributed by atoms with Crippen LogP contribution in [0.25, 0.3) is 0 Å². The van der Waals surface area contributed by atoms with E-state index < -0.39 is 0 Å². The number of nitrogens with two attached hydrogens (primary N) is 1. The third-order valence-electron chi connectivity index (χ3n) is 4.08. The molecule has 2 aromatic rings. The zero-order valence-corrected chi connectivity index (χ0v) is 12.8. The van der Waals surface area contributed by atoms with Crippen molar-refractivity contribution in [1.82, 2.24) is 0 Å². The molecule has 3 rings (SSSR count). The van der Waals surface area contributed by atoms with Crippen molar-refractivity contribution >= 4 is 11.6 Å². The quantitative estimate of drug-likeness (QED) is 0.673. The lowest BCUT2D eigenvalue weighted by atomic mass is 10.0. The van der Waals surface area contributed by atoms with E-state index in [1.807, 2.05) is 24.3 Å². The van der Waals surface area contributed by atoms with Crippen LogP contribution in [0.5, 0.6) is 5.75 Å². The van der Waals surface area contributed by atoms with Crippen LogP contribution in [-0.2, 0) is 6.42 Å². The molecule has 4 heteroatoms. The van der Waals surface area contributed by atoms with Crippen molar-refractivity contribution in [3.05, 3.63) is 59.7 Å². The second-order valence-electron chi connectivity index (χ2n) is 5.52. The van der Waals surface area contributed by atoms with E-state index in [-0.39, 0.29) is 0 Å². The Bertz CT molecular complexity index is 682. The van der Waals surface area contributed by atoms with Crippen LogP contribution in [0.15, 0.2) is 53.5 Å². The number of fused-ring (bicyclic) bond motifs is 1. The number of rotatable bonds is 4. The number of benzene rings is 2. The van der Waals surface area contributed by atoms with Gasteiger partial charge in [0, 0.05) is 24.2 Å². The summed E-state index contributed by atoms with van der Waals surface area (Å²) in [7, 11) is 1.65. The highest BCUT2D eigenvalue weighted by Crippen LogP contribution is 2.32. The molecule has 0 aliphatic heterocycles. The Kier molecular flexibility index (Phi) is 4.28. The molecule has 0 radical (unpaired) electrons. The van der Waals surface area contributed by atoms with Crippen LogP contribution in [0.2, 0.25) is 0 Å². The molecule has 0 saturated carbocycles. The number of guanidine groups is 1. The fourth-order valence-electron chi connectivity index (χ4n) is 2.93. The van der Waals surface area contributed by atoms with E-state index in [0.717, 1.165) is 30.8 Å². The van der Waals surface area contributed by atoms with E-state index in [1.165, 1.54) is 11.1 Å².